The number of hydrogen-bond acceptors (Lipinski definition) is 3. The van der Waals surface area contributed by atoms with Gasteiger partial charge in [0, 0.05) is 4.47 Å². The molecule has 0 aliphatic carbocycles. The van der Waals surface area contributed by atoms with Gasteiger partial charge >= 0.3 is 12.0 Å². The number of carboxylic acid groups (broad SMARTS) is 1. The third-order valence-electron chi connectivity index (χ3n) is 2.17. The molecule has 104 valence electrons. The summed E-state index contributed by atoms with van der Waals surface area (Å²) >= 11 is 3.32. The molecule has 1 aromatic rings. The van der Waals surface area contributed by atoms with Gasteiger partial charge in [-0.15, -0.1) is 0 Å². The number of halogens is 1. The molecule has 0 bridgehead atoms. The molecule has 0 aliphatic rings. The number of carboxylic acids is 1. The van der Waals surface area contributed by atoms with Gasteiger partial charge in [0.2, 0.25) is 0 Å². The van der Waals surface area contributed by atoms with Crippen LogP contribution in [0.1, 0.15) is 6.92 Å². The van der Waals surface area contributed by atoms with Gasteiger partial charge in [-0.1, -0.05) is 22.0 Å². The van der Waals surface area contributed by atoms with Crippen LogP contribution in [0.15, 0.2) is 28.7 Å². The second-order valence-electron chi connectivity index (χ2n) is 3.77. The molecule has 1 aromatic carbocycles. The number of amides is 2. The number of aliphatic carboxylic acids is 1. The summed E-state index contributed by atoms with van der Waals surface area (Å²) < 4.78 is 6.31. The monoisotopic (exact) mass is 330 g/mol. The first kappa shape index (κ1) is 15.3. The number of urea groups is 1. The van der Waals surface area contributed by atoms with Crippen molar-refractivity contribution in [1.82, 2.24) is 10.6 Å². The summed E-state index contributed by atoms with van der Waals surface area (Å²) in [6.07, 6.45) is 0. The van der Waals surface area contributed by atoms with E-state index in [-0.39, 0.29) is 6.54 Å². The van der Waals surface area contributed by atoms with Crippen LogP contribution < -0.4 is 15.4 Å². The molecule has 0 radical (unpaired) electrons. The molecular weight excluding hydrogens is 316 g/mol. The molecular formula is C12H15BrN2O4. The molecule has 6 nitrogen and oxygen atoms in total. The Morgan fingerprint density at radius 1 is 1.47 bits per heavy atom. The van der Waals surface area contributed by atoms with Crippen molar-refractivity contribution >= 4 is 27.9 Å². The van der Waals surface area contributed by atoms with E-state index in [0.29, 0.717) is 12.4 Å². The fourth-order valence-electron chi connectivity index (χ4n) is 1.20. The highest BCUT2D eigenvalue weighted by molar-refractivity contribution is 9.10. The number of rotatable bonds is 6. The lowest BCUT2D eigenvalue weighted by atomic mass is 10.3. The molecule has 0 spiro atoms. The quantitative estimate of drug-likeness (QED) is 0.691. The van der Waals surface area contributed by atoms with Crippen LogP contribution >= 0.6 is 15.9 Å². The van der Waals surface area contributed by atoms with Crippen molar-refractivity contribution in [3.05, 3.63) is 28.7 Å². The molecule has 7 heteroatoms. The Kier molecular flexibility index (Phi) is 6.14. The van der Waals surface area contributed by atoms with E-state index in [2.05, 4.69) is 26.6 Å². The van der Waals surface area contributed by atoms with Crippen LogP contribution in [0.2, 0.25) is 0 Å². The summed E-state index contributed by atoms with van der Waals surface area (Å²) in [5.41, 5.74) is 0. The van der Waals surface area contributed by atoms with Crippen molar-refractivity contribution < 1.29 is 19.4 Å². The van der Waals surface area contributed by atoms with Crippen molar-refractivity contribution in [2.75, 3.05) is 13.2 Å². The molecule has 1 atom stereocenters. The highest BCUT2D eigenvalue weighted by atomic mass is 79.9. The molecule has 2 amide bonds. The van der Waals surface area contributed by atoms with Crippen molar-refractivity contribution in [2.24, 2.45) is 0 Å². The van der Waals surface area contributed by atoms with Crippen molar-refractivity contribution in [3.63, 3.8) is 0 Å². The van der Waals surface area contributed by atoms with E-state index in [1.165, 1.54) is 6.92 Å². The highest BCUT2D eigenvalue weighted by Gasteiger charge is 2.12. The van der Waals surface area contributed by atoms with Gasteiger partial charge in [0.15, 0.2) is 0 Å². The zero-order chi connectivity index (χ0) is 14.3. The predicted octanol–water partition coefficient (Wildman–Crippen LogP) is 1.60. The Balaban J connectivity index is 2.20. The summed E-state index contributed by atoms with van der Waals surface area (Å²) in [6, 6.07) is 5.88. The minimum Gasteiger partial charge on any atom is -0.492 e. The number of hydrogen-bond donors (Lipinski definition) is 3. The normalized spacial score (nSPS) is 11.5. The van der Waals surface area contributed by atoms with E-state index in [9.17, 15) is 9.59 Å². The zero-order valence-electron chi connectivity index (χ0n) is 10.4. The molecule has 1 unspecified atom stereocenters. The third-order valence-corrected chi connectivity index (χ3v) is 2.66. The van der Waals surface area contributed by atoms with Crippen LogP contribution in [0.25, 0.3) is 0 Å². The van der Waals surface area contributed by atoms with Gasteiger partial charge in [-0.3, -0.25) is 4.79 Å². The molecule has 0 fully saturated rings. The SMILES string of the molecule is CC(NC(=O)NCCOc1cccc(Br)c1)C(=O)O. The van der Waals surface area contributed by atoms with E-state index in [1.54, 1.807) is 6.07 Å². The Morgan fingerprint density at radius 2 is 2.21 bits per heavy atom. The Morgan fingerprint density at radius 3 is 2.84 bits per heavy atom. The second-order valence-corrected chi connectivity index (χ2v) is 4.68. The van der Waals surface area contributed by atoms with Gasteiger partial charge in [0.25, 0.3) is 0 Å². The van der Waals surface area contributed by atoms with Crippen molar-refractivity contribution in [2.45, 2.75) is 13.0 Å². The lowest BCUT2D eigenvalue weighted by Gasteiger charge is -2.11. The maximum Gasteiger partial charge on any atom is 0.325 e. The van der Waals surface area contributed by atoms with Gasteiger partial charge in [-0.2, -0.15) is 0 Å². The van der Waals surface area contributed by atoms with Gasteiger partial charge < -0.3 is 20.5 Å². The standard InChI is InChI=1S/C12H15BrN2O4/c1-8(11(16)17)15-12(18)14-5-6-19-10-4-2-3-9(13)7-10/h2-4,7-8H,5-6H2,1H3,(H,16,17)(H2,14,15,18). The molecule has 0 saturated heterocycles. The molecule has 0 saturated carbocycles. The maximum absolute atomic E-state index is 11.3. The summed E-state index contributed by atoms with van der Waals surface area (Å²) in [4.78, 5) is 21.8. The van der Waals surface area contributed by atoms with E-state index in [4.69, 9.17) is 9.84 Å². The van der Waals surface area contributed by atoms with Gasteiger partial charge in [0.1, 0.15) is 18.4 Å². The number of nitrogens with one attached hydrogen (secondary N) is 2. The first-order valence-electron chi connectivity index (χ1n) is 5.64. The van der Waals surface area contributed by atoms with E-state index in [1.807, 2.05) is 18.2 Å². The van der Waals surface area contributed by atoms with E-state index in [0.717, 1.165) is 4.47 Å². The lowest BCUT2D eigenvalue weighted by Crippen LogP contribution is -2.45. The van der Waals surface area contributed by atoms with Crippen molar-refractivity contribution in [3.8, 4) is 5.75 Å². The lowest BCUT2D eigenvalue weighted by molar-refractivity contribution is -0.138. The fourth-order valence-corrected chi connectivity index (χ4v) is 1.58. The zero-order valence-corrected chi connectivity index (χ0v) is 11.9. The molecule has 0 heterocycles. The minimum absolute atomic E-state index is 0.282. The minimum atomic E-state index is -1.08. The van der Waals surface area contributed by atoms with Crippen LogP contribution in [0.3, 0.4) is 0 Å². The van der Waals surface area contributed by atoms with Gasteiger partial charge in [-0.05, 0) is 25.1 Å². The Labute approximate surface area is 119 Å². The smallest absolute Gasteiger partial charge is 0.325 e. The number of carbonyl (C=O) groups is 2. The molecule has 3 N–H and O–H groups in total. The van der Waals surface area contributed by atoms with Crippen LogP contribution in [0.5, 0.6) is 5.75 Å². The Bertz CT molecular complexity index is 453. The first-order valence-corrected chi connectivity index (χ1v) is 6.44. The van der Waals surface area contributed by atoms with Crippen LogP contribution in [-0.4, -0.2) is 36.3 Å². The van der Waals surface area contributed by atoms with Gasteiger partial charge in [-0.25, -0.2) is 4.79 Å². The van der Waals surface area contributed by atoms with Crippen molar-refractivity contribution in [1.29, 1.82) is 0 Å². The number of carbonyl (C=O) groups excluding carboxylic acids is 1. The second kappa shape index (κ2) is 7.63. The van der Waals surface area contributed by atoms with Crippen LogP contribution in [-0.2, 0) is 4.79 Å². The number of benzene rings is 1. The predicted molar refractivity (Wildman–Crippen MR) is 73.3 cm³/mol. The summed E-state index contributed by atoms with van der Waals surface area (Å²) in [5, 5.41) is 13.4. The molecule has 19 heavy (non-hydrogen) atoms. The first-order chi connectivity index (χ1) is 8.99. The molecule has 1 rings (SSSR count). The maximum atomic E-state index is 11.3. The largest absolute Gasteiger partial charge is 0.492 e. The Hall–Kier alpha value is -1.76. The fraction of sp³-hybridized carbons (Fsp3) is 0.333. The molecule has 0 aliphatic heterocycles. The van der Waals surface area contributed by atoms with E-state index >= 15 is 0 Å². The van der Waals surface area contributed by atoms with E-state index < -0.39 is 18.0 Å². The topological polar surface area (TPSA) is 87.7 Å². The average Bonchev–Trinajstić information content (AvgIpc) is 2.34. The third kappa shape index (κ3) is 6.10. The number of ether oxygens (including phenoxy) is 1. The van der Waals surface area contributed by atoms with Crippen LogP contribution in [0.4, 0.5) is 4.79 Å². The average molecular weight is 331 g/mol. The summed E-state index contributed by atoms with van der Waals surface area (Å²) in [7, 11) is 0. The summed E-state index contributed by atoms with van der Waals surface area (Å²) in [6.45, 7) is 1.97. The molecule has 0 aromatic heterocycles. The summed E-state index contributed by atoms with van der Waals surface area (Å²) in [5.74, 6) is -0.393. The van der Waals surface area contributed by atoms with Crippen LogP contribution in [0, 0.1) is 0 Å². The van der Waals surface area contributed by atoms with Gasteiger partial charge in [0.05, 0.1) is 6.54 Å². The highest BCUT2D eigenvalue weighted by Crippen LogP contribution is 2.17.